The fourth-order valence-corrected chi connectivity index (χ4v) is 1.85. The summed E-state index contributed by atoms with van der Waals surface area (Å²) >= 11 is 0. The van der Waals surface area contributed by atoms with Gasteiger partial charge in [-0.25, -0.2) is 4.79 Å². The van der Waals surface area contributed by atoms with Crippen LogP contribution in [-0.2, 0) is 4.79 Å². The molecule has 0 aliphatic carbocycles. The van der Waals surface area contributed by atoms with Crippen molar-refractivity contribution in [2.75, 3.05) is 33.7 Å². The van der Waals surface area contributed by atoms with Crippen molar-refractivity contribution in [1.82, 2.24) is 15.1 Å². The van der Waals surface area contributed by atoms with Crippen molar-refractivity contribution in [1.29, 1.82) is 0 Å². The Morgan fingerprint density at radius 1 is 1.47 bits per heavy atom. The van der Waals surface area contributed by atoms with E-state index in [4.69, 9.17) is 0 Å². The molecule has 0 unspecified atom stereocenters. The van der Waals surface area contributed by atoms with Gasteiger partial charge in [-0.1, -0.05) is 0 Å². The first-order valence-corrected chi connectivity index (χ1v) is 5.77. The molecule has 1 aliphatic rings. The molecule has 1 fully saturated rings. The van der Waals surface area contributed by atoms with Gasteiger partial charge in [0, 0.05) is 27.2 Å². The Balaban J connectivity index is 2.40. The second-order valence-corrected chi connectivity index (χ2v) is 4.97. The zero-order valence-electron chi connectivity index (χ0n) is 10.7. The molecule has 1 rings (SSSR count). The predicted molar refractivity (Wildman–Crippen MR) is 63.5 cm³/mol. The van der Waals surface area contributed by atoms with Crippen LogP contribution in [0, 0.1) is 0 Å². The van der Waals surface area contributed by atoms with E-state index in [-0.39, 0.29) is 18.5 Å². The maximum absolute atomic E-state index is 11.8. The molecular formula is C11H21N3O3. The van der Waals surface area contributed by atoms with Crippen LogP contribution < -0.4 is 5.32 Å². The molecule has 6 heteroatoms. The zero-order valence-corrected chi connectivity index (χ0v) is 10.7. The topological polar surface area (TPSA) is 72.9 Å². The summed E-state index contributed by atoms with van der Waals surface area (Å²) in [6, 6.07) is -0.290. The number of carbonyl (C=O) groups is 2. The van der Waals surface area contributed by atoms with Crippen molar-refractivity contribution in [3.05, 3.63) is 0 Å². The fourth-order valence-electron chi connectivity index (χ4n) is 1.85. The molecule has 3 amide bonds. The Labute approximate surface area is 102 Å². The monoisotopic (exact) mass is 243 g/mol. The summed E-state index contributed by atoms with van der Waals surface area (Å²) in [6.45, 7) is 2.69. The van der Waals surface area contributed by atoms with E-state index in [1.807, 2.05) is 0 Å². The van der Waals surface area contributed by atoms with Crippen molar-refractivity contribution in [2.45, 2.75) is 25.4 Å². The third-order valence-electron chi connectivity index (χ3n) is 2.82. The molecule has 1 saturated heterocycles. The fraction of sp³-hybridized carbons (Fsp3) is 0.818. The number of hydrogen-bond donors (Lipinski definition) is 2. The maximum atomic E-state index is 11.8. The van der Waals surface area contributed by atoms with Gasteiger partial charge in [-0.2, -0.15) is 0 Å². The number of carbonyl (C=O) groups excluding carboxylic acids is 2. The Bertz CT molecular complexity index is 302. The van der Waals surface area contributed by atoms with Crippen molar-refractivity contribution >= 4 is 11.9 Å². The zero-order chi connectivity index (χ0) is 13.1. The number of aliphatic hydroxyl groups is 1. The van der Waals surface area contributed by atoms with E-state index in [0.29, 0.717) is 19.5 Å². The molecule has 1 atom stereocenters. The molecule has 6 nitrogen and oxygen atoms in total. The molecule has 2 N–H and O–H groups in total. The number of β-amino-alcohol motifs (C(OH)–C–C–N with tert-alkyl or cyclic N) is 1. The minimum atomic E-state index is -0.806. The number of hydrogen-bond acceptors (Lipinski definition) is 3. The van der Waals surface area contributed by atoms with Gasteiger partial charge >= 0.3 is 6.03 Å². The Kier molecular flexibility index (Phi) is 4.34. The molecule has 98 valence electrons. The summed E-state index contributed by atoms with van der Waals surface area (Å²) in [5.74, 6) is -0.153. The average Bonchev–Trinajstić information content (AvgIpc) is 2.23. The third-order valence-corrected chi connectivity index (χ3v) is 2.82. The van der Waals surface area contributed by atoms with Crippen LogP contribution in [0.4, 0.5) is 4.79 Å². The molecule has 0 aromatic heterocycles. The summed E-state index contributed by atoms with van der Waals surface area (Å²) in [7, 11) is 3.23. The van der Waals surface area contributed by atoms with Crippen molar-refractivity contribution in [2.24, 2.45) is 0 Å². The lowest BCUT2D eigenvalue weighted by Crippen LogP contribution is -2.51. The maximum Gasteiger partial charge on any atom is 0.317 e. The van der Waals surface area contributed by atoms with Crippen molar-refractivity contribution < 1.29 is 14.7 Å². The average molecular weight is 243 g/mol. The lowest BCUT2D eigenvalue weighted by atomic mass is 9.95. The van der Waals surface area contributed by atoms with Gasteiger partial charge in [0.1, 0.15) is 0 Å². The van der Waals surface area contributed by atoms with E-state index in [2.05, 4.69) is 5.32 Å². The van der Waals surface area contributed by atoms with Crippen molar-refractivity contribution in [3.8, 4) is 0 Å². The Hall–Kier alpha value is -1.30. The van der Waals surface area contributed by atoms with E-state index in [0.717, 1.165) is 6.42 Å². The van der Waals surface area contributed by atoms with E-state index in [9.17, 15) is 14.7 Å². The van der Waals surface area contributed by atoms with Crippen molar-refractivity contribution in [3.63, 3.8) is 0 Å². The predicted octanol–water partition coefficient (Wildman–Crippen LogP) is -0.369. The van der Waals surface area contributed by atoms with E-state index < -0.39 is 5.60 Å². The molecule has 0 aromatic rings. The summed E-state index contributed by atoms with van der Waals surface area (Å²) < 4.78 is 0. The molecule has 17 heavy (non-hydrogen) atoms. The van der Waals surface area contributed by atoms with Crippen LogP contribution in [-0.4, -0.2) is 66.2 Å². The lowest BCUT2D eigenvalue weighted by molar-refractivity contribution is -0.136. The smallest absolute Gasteiger partial charge is 0.317 e. The first kappa shape index (κ1) is 13.8. The van der Waals surface area contributed by atoms with Crippen LogP contribution >= 0.6 is 0 Å². The molecule has 1 heterocycles. The number of rotatable bonds is 2. The van der Waals surface area contributed by atoms with Crippen LogP contribution in [0.3, 0.4) is 0 Å². The van der Waals surface area contributed by atoms with Gasteiger partial charge in [0.2, 0.25) is 5.91 Å². The molecule has 1 aliphatic heterocycles. The summed E-state index contributed by atoms with van der Waals surface area (Å²) in [4.78, 5) is 26.0. The molecule has 0 aromatic carbocycles. The highest BCUT2D eigenvalue weighted by molar-refractivity contribution is 5.83. The summed E-state index contributed by atoms with van der Waals surface area (Å²) in [5.41, 5.74) is -0.806. The highest BCUT2D eigenvalue weighted by Gasteiger charge is 2.30. The minimum absolute atomic E-state index is 0.0207. The SMILES string of the molecule is CN(C)C(=O)NCC(=O)N1CCC[C@@](C)(O)C1. The highest BCUT2D eigenvalue weighted by atomic mass is 16.3. The van der Waals surface area contributed by atoms with Gasteiger partial charge in [-0.05, 0) is 19.8 Å². The quantitative estimate of drug-likeness (QED) is 0.695. The van der Waals surface area contributed by atoms with Gasteiger partial charge in [-0.3, -0.25) is 4.79 Å². The van der Waals surface area contributed by atoms with E-state index in [1.54, 1.807) is 25.9 Å². The van der Waals surface area contributed by atoms with Crippen LogP contribution in [0.1, 0.15) is 19.8 Å². The van der Waals surface area contributed by atoms with Crippen LogP contribution in [0.5, 0.6) is 0 Å². The van der Waals surface area contributed by atoms with Crippen LogP contribution in [0.2, 0.25) is 0 Å². The summed E-state index contributed by atoms with van der Waals surface area (Å²) in [6.07, 6.45) is 1.50. The normalized spacial score (nSPS) is 24.4. The largest absolute Gasteiger partial charge is 0.388 e. The second-order valence-electron chi connectivity index (χ2n) is 4.97. The minimum Gasteiger partial charge on any atom is -0.388 e. The van der Waals surface area contributed by atoms with Gasteiger partial charge in [-0.15, -0.1) is 0 Å². The number of urea groups is 1. The van der Waals surface area contributed by atoms with Gasteiger partial charge in [0.05, 0.1) is 12.1 Å². The molecular weight excluding hydrogens is 222 g/mol. The Morgan fingerprint density at radius 3 is 2.65 bits per heavy atom. The van der Waals surface area contributed by atoms with Crippen LogP contribution in [0.15, 0.2) is 0 Å². The molecule has 0 radical (unpaired) electrons. The number of piperidine rings is 1. The molecule has 0 spiro atoms. The number of amides is 3. The molecule has 0 saturated carbocycles. The second kappa shape index (κ2) is 5.35. The van der Waals surface area contributed by atoms with E-state index >= 15 is 0 Å². The lowest BCUT2D eigenvalue weighted by Gasteiger charge is -2.36. The first-order chi connectivity index (χ1) is 7.82. The van der Waals surface area contributed by atoms with Gasteiger partial charge in [0.25, 0.3) is 0 Å². The summed E-state index contributed by atoms with van der Waals surface area (Å²) in [5, 5.41) is 12.4. The first-order valence-electron chi connectivity index (χ1n) is 5.77. The molecule has 0 bridgehead atoms. The number of likely N-dealkylation sites (tertiary alicyclic amines) is 1. The number of nitrogens with one attached hydrogen (secondary N) is 1. The Morgan fingerprint density at radius 2 is 2.12 bits per heavy atom. The van der Waals surface area contributed by atoms with E-state index in [1.165, 1.54) is 4.90 Å². The van der Waals surface area contributed by atoms with Crippen LogP contribution in [0.25, 0.3) is 0 Å². The third kappa shape index (κ3) is 4.22. The van der Waals surface area contributed by atoms with Gasteiger partial charge < -0.3 is 20.2 Å². The standard InChI is InChI=1S/C11H21N3O3/c1-11(17)5-4-6-14(8-11)9(15)7-12-10(16)13(2)3/h17H,4-8H2,1-3H3,(H,12,16)/t11-/m1/s1. The highest BCUT2D eigenvalue weighted by Crippen LogP contribution is 2.19. The van der Waals surface area contributed by atoms with Gasteiger partial charge in [0.15, 0.2) is 0 Å². The number of nitrogens with zero attached hydrogens (tertiary/aromatic N) is 2.